The molecule has 0 saturated heterocycles. The van der Waals surface area contributed by atoms with E-state index in [0.29, 0.717) is 11.0 Å². The fraction of sp³-hybridized carbons (Fsp3) is 0.0909. The van der Waals surface area contributed by atoms with Crippen LogP contribution in [0.15, 0.2) is 21.7 Å². The number of hydrogen-bond donors (Lipinski definition) is 1. The smallest absolute Gasteiger partial charge is 0.297 e. The molecule has 2 heterocycles. The minimum Gasteiger partial charge on any atom is -0.297 e. The lowest BCUT2D eigenvalue weighted by atomic mass is 10.2. The predicted octanol–water partition coefficient (Wildman–Crippen LogP) is 2.15. The van der Waals surface area contributed by atoms with Gasteiger partial charge in [-0.05, 0) is 19.1 Å². The minimum atomic E-state index is -0.673. The van der Waals surface area contributed by atoms with Gasteiger partial charge in [0.15, 0.2) is 0 Å². The van der Waals surface area contributed by atoms with Crippen LogP contribution in [0.2, 0.25) is 10.2 Å². The number of aromatic nitrogens is 4. The summed E-state index contributed by atoms with van der Waals surface area (Å²) >= 11 is 12.9. The van der Waals surface area contributed by atoms with Crippen molar-refractivity contribution in [2.45, 2.75) is 6.92 Å². The summed E-state index contributed by atoms with van der Waals surface area (Å²) < 4.78 is 9.08. The first-order chi connectivity index (χ1) is 9.50. The SMILES string of the molecule is Cc1c(Cl)[nH]c(=O)n(-c2c(Cl)ccc3nsnc23)c1=O. The molecular weight excluding hydrogens is 323 g/mol. The van der Waals surface area contributed by atoms with Crippen molar-refractivity contribution in [2.75, 3.05) is 0 Å². The number of halogens is 2. The van der Waals surface area contributed by atoms with Crippen LogP contribution in [0.25, 0.3) is 16.7 Å². The summed E-state index contributed by atoms with van der Waals surface area (Å²) in [6, 6.07) is 3.24. The van der Waals surface area contributed by atoms with Crippen molar-refractivity contribution in [1.29, 1.82) is 0 Å². The van der Waals surface area contributed by atoms with Crippen molar-refractivity contribution in [1.82, 2.24) is 18.3 Å². The lowest BCUT2D eigenvalue weighted by molar-refractivity contribution is 0.864. The highest BCUT2D eigenvalue weighted by molar-refractivity contribution is 7.00. The average molecular weight is 329 g/mol. The van der Waals surface area contributed by atoms with E-state index in [1.165, 1.54) is 6.92 Å². The molecule has 3 rings (SSSR count). The molecule has 20 heavy (non-hydrogen) atoms. The first kappa shape index (κ1) is 13.3. The Bertz CT molecular complexity index is 944. The summed E-state index contributed by atoms with van der Waals surface area (Å²) in [5.74, 6) is 0. The first-order valence-electron chi connectivity index (χ1n) is 5.43. The van der Waals surface area contributed by atoms with E-state index in [0.717, 1.165) is 16.3 Å². The third-order valence-electron chi connectivity index (χ3n) is 2.85. The Kier molecular flexibility index (Phi) is 3.12. The van der Waals surface area contributed by atoms with E-state index >= 15 is 0 Å². The van der Waals surface area contributed by atoms with E-state index in [2.05, 4.69) is 13.7 Å². The van der Waals surface area contributed by atoms with Gasteiger partial charge in [0.1, 0.15) is 21.9 Å². The van der Waals surface area contributed by atoms with Crippen LogP contribution in [0, 0.1) is 6.92 Å². The first-order valence-corrected chi connectivity index (χ1v) is 6.92. The molecule has 0 unspecified atom stereocenters. The maximum Gasteiger partial charge on any atom is 0.334 e. The third-order valence-corrected chi connectivity index (χ3v) is 4.07. The summed E-state index contributed by atoms with van der Waals surface area (Å²) in [5.41, 5.74) is 0.186. The molecule has 0 aliphatic rings. The van der Waals surface area contributed by atoms with E-state index in [1.54, 1.807) is 12.1 Å². The maximum atomic E-state index is 12.3. The van der Waals surface area contributed by atoms with Crippen LogP contribution >= 0.6 is 34.9 Å². The molecule has 1 N–H and O–H groups in total. The highest BCUT2D eigenvalue weighted by Gasteiger charge is 2.18. The van der Waals surface area contributed by atoms with Crippen LogP contribution in [0.5, 0.6) is 0 Å². The molecule has 9 heteroatoms. The zero-order valence-corrected chi connectivity index (χ0v) is 12.3. The number of aromatic amines is 1. The van der Waals surface area contributed by atoms with Gasteiger partial charge in [0, 0.05) is 0 Å². The highest BCUT2D eigenvalue weighted by Crippen LogP contribution is 2.26. The number of benzene rings is 1. The summed E-state index contributed by atoms with van der Waals surface area (Å²) in [6.07, 6.45) is 0. The van der Waals surface area contributed by atoms with Gasteiger partial charge in [-0.15, -0.1) is 0 Å². The second-order valence-electron chi connectivity index (χ2n) is 4.04. The van der Waals surface area contributed by atoms with Gasteiger partial charge < -0.3 is 0 Å². The summed E-state index contributed by atoms with van der Waals surface area (Å²) in [6.45, 7) is 1.52. The second-order valence-corrected chi connectivity index (χ2v) is 5.35. The molecule has 0 aliphatic carbocycles. The van der Waals surface area contributed by atoms with Crippen LogP contribution < -0.4 is 11.2 Å². The van der Waals surface area contributed by atoms with E-state index in [9.17, 15) is 9.59 Å². The number of nitrogens with one attached hydrogen (secondary N) is 1. The van der Waals surface area contributed by atoms with Gasteiger partial charge in [-0.2, -0.15) is 8.75 Å². The van der Waals surface area contributed by atoms with Crippen molar-refractivity contribution in [2.24, 2.45) is 0 Å². The van der Waals surface area contributed by atoms with Crippen LogP contribution in [0.4, 0.5) is 0 Å². The second kappa shape index (κ2) is 4.69. The van der Waals surface area contributed by atoms with Gasteiger partial charge in [-0.25, -0.2) is 9.36 Å². The Morgan fingerprint density at radius 3 is 2.75 bits per heavy atom. The molecule has 6 nitrogen and oxygen atoms in total. The molecule has 0 bridgehead atoms. The molecule has 0 saturated carbocycles. The highest BCUT2D eigenvalue weighted by atomic mass is 35.5. The van der Waals surface area contributed by atoms with Gasteiger partial charge in [-0.3, -0.25) is 9.78 Å². The van der Waals surface area contributed by atoms with Crippen molar-refractivity contribution >= 4 is 46.0 Å². The fourth-order valence-corrected chi connectivity index (χ4v) is 2.76. The Morgan fingerprint density at radius 2 is 2.00 bits per heavy atom. The van der Waals surface area contributed by atoms with Gasteiger partial charge in [0.25, 0.3) is 5.56 Å². The van der Waals surface area contributed by atoms with Gasteiger partial charge in [0.05, 0.1) is 22.3 Å². The largest absolute Gasteiger partial charge is 0.334 e. The monoisotopic (exact) mass is 328 g/mol. The average Bonchev–Trinajstić information content (AvgIpc) is 2.87. The fourth-order valence-electron chi connectivity index (χ4n) is 1.83. The summed E-state index contributed by atoms with van der Waals surface area (Å²) in [7, 11) is 0. The number of H-pyrrole nitrogens is 1. The van der Waals surface area contributed by atoms with Crippen LogP contribution in [0.3, 0.4) is 0 Å². The van der Waals surface area contributed by atoms with Crippen molar-refractivity contribution in [3.63, 3.8) is 0 Å². The molecule has 102 valence electrons. The Hall–Kier alpha value is -1.70. The molecule has 0 amide bonds. The lowest BCUT2D eigenvalue weighted by Crippen LogP contribution is -2.35. The molecule has 2 aromatic heterocycles. The van der Waals surface area contributed by atoms with Crippen molar-refractivity contribution in [3.05, 3.63) is 48.7 Å². The van der Waals surface area contributed by atoms with Crippen LogP contribution in [-0.4, -0.2) is 18.3 Å². The van der Waals surface area contributed by atoms with E-state index in [1.807, 2.05) is 0 Å². The minimum absolute atomic E-state index is 0.0101. The van der Waals surface area contributed by atoms with Crippen molar-refractivity contribution in [3.8, 4) is 5.69 Å². The Labute approximate surface area is 125 Å². The molecule has 0 radical (unpaired) electrons. The normalized spacial score (nSPS) is 11.2. The maximum absolute atomic E-state index is 12.3. The van der Waals surface area contributed by atoms with E-state index < -0.39 is 11.2 Å². The summed E-state index contributed by atoms with van der Waals surface area (Å²) in [5, 5.41) is 0.246. The van der Waals surface area contributed by atoms with Gasteiger partial charge >= 0.3 is 5.69 Å². The number of nitrogens with zero attached hydrogens (tertiary/aromatic N) is 3. The Morgan fingerprint density at radius 1 is 1.25 bits per heavy atom. The molecule has 0 spiro atoms. The molecular formula is C11H6Cl2N4O2S. The van der Waals surface area contributed by atoms with Crippen LogP contribution in [0.1, 0.15) is 5.56 Å². The quantitative estimate of drug-likeness (QED) is 0.694. The molecule has 0 atom stereocenters. The predicted molar refractivity (Wildman–Crippen MR) is 78.4 cm³/mol. The summed E-state index contributed by atoms with van der Waals surface area (Å²) in [4.78, 5) is 26.7. The van der Waals surface area contributed by atoms with E-state index in [4.69, 9.17) is 23.2 Å². The van der Waals surface area contributed by atoms with Crippen LogP contribution in [-0.2, 0) is 0 Å². The lowest BCUT2D eigenvalue weighted by Gasteiger charge is -2.08. The van der Waals surface area contributed by atoms with E-state index in [-0.39, 0.29) is 21.4 Å². The number of fused-ring (bicyclic) bond motifs is 1. The number of hydrogen-bond acceptors (Lipinski definition) is 5. The topological polar surface area (TPSA) is 80.6 Å². The zero-order valence-electron chi connectivity index (χ0n) is 9.98. The Balaban J connectivity index is 2.52. The van der Waals surface area contributed by atoms with Gasteiger partial charge in [0.2, 0.25) is 0 Å². The van der Waals surface area contributed by atoms with Gasteiger partial charge in [-0.1, -0.05) is 23.2 Å². The third kappa shape index (κ3) is 1.86. The number of rotatable bonds is 1. The van der Waals surface area contributed by atoms with Crippen molar-refractivity contribution < 1.29 is 0 Å². The molecule has 0 aliphatic heterocycles. The standard InChI is InChI=1S/C11H6Cl2N4O2S/c1-4-9(13)14-11(19)17(10(4)18)8-5(12)2-3-6-7(8)16-20-15-6/h2-3H,1H3,(H,14,19). The molecule has 3 aromatic rings. The molecule has 0 fully saturated rings. The molecule has 1 aromatic carbocycles. The zero-order chi connectivity index (χ0) is 14.4.